The average molecular weight is 318 g/mol. The zero-order valence-electron chi connectivity index (χ0n) is 12.1. The smallest absolute Gasteiger partial charge is 0.338 e. The van der Waals surface area contributed by atoms with Gasteiger partial charge in [0, 0.05) is 6.42 Å². The van der Waals surface area contributed by atoms with Gasteiger partial charge in [0.15, 0.2) is 0 Å². The van der Waals surface area contributed by atoms with Crippen molar-refractivity contribution in [1.82, 2.24) is 0 Å². The molecule has 0 bridgehead atoms. The number of ketones is 1. The Labute approximate surface area is 123 Å². The molecule has 1 aromatic carbocycles. The zero-order valence-corrected chi connectivity index (χ0v) is 13.0. The number of aliphatic hydroxyl groups excluding tert-OH is 1. The summed E-state index contributed by atoms with van der Waals surface area (Å²) in [5.74, 6) is -0.855. The Morgan fingerprint density at radius 1 is 1.24 bits per heavy atom. The summed E-state index contributed by atoms with van der Waals surface area (Å²) in [6, 6.07) is 5.21. The van der Waals surface area contributed by atoms with Gasteiger partial charge in [-0.05, 0) is 31.5 Å². The van der Waals surface area contributed by atoms with Crippen molar-refractivity contribution in [2.75, 3.05) is 19.4 Å². The van der Waals surface area contributed by atoms with Crippen molar-refractivity contribution >= 4 is 13.4 Å². The second kappa shape index (κ2) is 8.39. The molecule has 0 saturated carbocycles. The summed E-state index contributed by atoms with van der Waals surface area (Å²) < 4.78 is 35.0. The average Bonchev–Trinajstić information content (AvgIpc) is 2.39. The molecule has 21 heavy (non-hydrogen) atoms. The van der Waals surface area contributed by atoms with Crippen LogP contribution in [0.4, 0.5) is 4.39 Å². The van der Waals surface area contributed by atoms with Crippen LogP contribution in [0.5, 0.6) is 0 Å². The van der Waals surface area contributed by atoms with E-state index in [0.29, 0.717) is 5.56 Å². The predicted molar refractivity (Wildman–Crippen MR) is 76.7 cm³/mol. The van der Waals surface area contributed by atoms with Gasteiger partial charge in [-0.3, -0.25) is 9.36 Å². The van der Waals surface area contributed by atoms with Crippen LogP contribution in [0.3, 0.4) is 0 Å². The van der Waals surface area contributed by atoms with E-state index in [1.165, 1.54) is 24.3 Å². The molecule has 1 aromatic rings. The highest BCUT2D eigenvalue weighted by Gasteiger charge is 2.28. The van der Waals surface area contributed by atoms with Crippen LogP contribution in [0.25, 0.3) is 0 Å². The second-order valence-electron chi connectivity index (χ2n) is 4.41. The van der Waals surface area contributed by atoms with E-state index in [-0.39, 0.29) is 25.8 Å². The molecular formula is C14H20FO5P. The van der Waals surface area contributed by atoms with E-state index in [2.05, 4.69) is 0 Å². The second-order valence-corrected chi connectivity index (χ2v) is 6.47. The largest absolute Gasteiger partial charge is 0.388 e. The van der Waals surface area contributed by atoms with E-state index in [4.69, 9.17) is 9.05 Å². The molecule has 0 aliphatic carbocycles. The lowest BCUT2D eigenvalue weighted by Gasteiger charge is -2.17. The van der Waals surface area contributed by atoms with Crippen LogP contribution >= 0.6 is 7.60 Å². The van der Waals surface area contributed by atoms with Gasteiger partial charge in [0.2, 0.25) is 0 Å². The third-order valence-corrected chi connectivity index (χ3v) is 4.74. The summed E-state index contributed by atoms with van der Waals surface area (Å²) in [5, 5.41) is 9.92. The van der Waals surface area contributed by atoms with Crippen LogP contribution in [0.15, 0.2) is 24.3 Å². The first-order chi connectivity index (χ1) is 9.90. The number of aliphatic hydroxyl groups is 1. The minimum atomic E-state index is -3.45. The number of Topliss-reactive ketones (excluding diaryl/α,β-unsaturated/α-hetero) is 1. The molecule has 7 heteroatoms. The number of hydrogen-bond donors (Lipinski definition) is 1. The Kier molecular flexibility index (Phi) is 7.18. The first-order valence-electron chi connectivity index (χ1n) is 6.73. The fourth-order valence-electron chi connectivity index (χ4n) is 1.82. The summed E-state index contributed by atoms with van der Waals surface area (Å²) in [6.07, 6.45) is -1.68. The maximum atomic E-state index is 12.8. The van der Waals surface area contributed by atoms with Crippen molar-refractivity contribution in [3.63, 3.8) is 0 Å². The van der Waals surface area contributed by atoms with Crippen molar-refractivity contribution < 1.29 is 27.9 Å². The number of rotatable bonds is 9. The summed E-state index contributed by atoms with van der Waals surface area (Å²) in [4.78, 5) is 11.9. The number of benzene rings is 1. The van der Waals surface area contributed by atoms with Crippen LogP contribution < -0.4 is 0 Å². The normalized spacial score (nSPS) is 13.1. The molecule has 1 unspecified atom stereocenters. The fourth-order valence-corrected chi connectivity index (χ4v) is 3.43. The summed E-state index contributed by atoms with van der Waals surface area (Å²) >= 11 is 0. The lowest BCUT2D eigenvalue weighted by molar-refractivity contribution is -0.118. The molecule has 1 atom stereocenters. The highest BCUT2D eigenvalue weighted by molar-refractivity contribution is 7.54. The third-order valence-electron chi connectivity index (χ3n) is 2.70. The highest BCUT2D eigenvalue weighted by Crippen LogP contribution is 2.48. The van der Waals surface area contributed by atoms with Gasteiger partial charge >= 0.3 is 7.60 Å². The Hall–Kier alpha value is -1.07. The standard InChI is InChI=1S/C14H20FO5P/c1-3-19-21(18,20-4-2)10-13(16)9-14(17)11-5-7-12(15)8-6-11/h5-8,14,17H,3-4,9-10H2,1-2H3. The van der Waals surface area contributed by atoms with E-state index >= 15 is 0 Å². The fraction of sp³-hybridized carbons (Fsp3) is 0.500. The molecule has 0 aromatic heterocycles. The molecule has 5 nitrogen and oxygen atoms in total. The van der Waals surface area contributed by atoms with Crippen molar-refractivity contribution in [2.24, 2.45) is 0 Å². The molecule has 0 spiro atoms. The van der Waals surface area contributed by atoms with Gasteiger partial charge in [0.05, 0.1) is 19.3 Å². The number of halogens is 1. The van der Waals surface area contributed by atoms with Crippen LogP contribution in [0.1, 0.15) is 31.9 Å². The minimum Gasteiger partial charge on any atom is -0.388 e. The maximum Gasteiger partial charge on any atom is 0.338 e. The molecule has 118 valence electrons. The first kappa shape index (κ1) is 18.0. The van der Waals surface area contributed by atoms with Crippen LogP contribution in [-0.2, 0) is 18.4 Å². The summed E-state index contributed by atoms with van der Waals surface area (Å²) in [5.41, 5.74) is 0.424. The van der Waals surface area contributed by atoms with Gasteiger partial charge in [-0.25, -0.2) is 4.39 Å². The monoisotopic (exact) mass is 318 g/mol. The minimum absolute atomic E-state index is 0.172. The quantitative estimate of drug-likeness (QED) is 0.708. The molecule has 0 aliphatic heterocycles. The Balaban J connectivity index is 2.63. The number of hydrogen-bond acceptors (Lipinski definition) is 5. The molecule has 0 radical (unpaired) electrons. The van der Waals surface area contributed by atoms with E-state index in [1.807, 2.05) is 0 Å². The SMILES string of the molecule is CCOP(=O)(CC(=O)CC(O)c1ccc(F)cc1)OCC. The third kappa shape index (κ3) is 6.06. The van der Waals surface area contributed by atoms with Crippen LogP contribution in [0.2, 0.25) is 0 Å². The lowest BCUT2D eigenvalue weighted by atomic mass is 10.1. The van der Waals surface area contributed by atoms with Gasteiger partial charge in [-0.2, -0.15) is 0 Å². The van der Waals surface area contributed by atoms with Gasteiger partial charge < -0.3 is 14.2 Å². The van der Waals surface area contributed by atoms with Gasteiger partial charge in [-0.15, -0.1) is 0 Å². The molecule has 0 heterocycles. The van der Waals surface area contributed by atoms with E-state index in [9.17, 15) is 18.9 Å². The Bertz CT molecular complexity index is 493. The van der Waals surface area contributed by atoms with E-state index < -0.39 is 25.3 Å². The van der Waals surface area contributed by atoms with Gasteiger partial charge in [0.25, 0.3) is 0 Å². The zero-order chi connectivity index (χ0) is 15.9. The van der Waals surface area contributed by atoms with E-state index in [1.54, 1.807) is 13.8 Å². The van der Waals surface area contributed by atoms with Gasteiger partial charge in [-0.1, -0.05) is 12.1 Å². The Morgan fingerprint density at radius 3 is 2.24 bits per heavy atom. The lowest BCUT2D eigenvalue weighted by Crippen LogP contribution is -2.13. The molecule has 1 N–H and O–H groups in total. The van der Waals surface area contributed by atoms with Crippen LogP contribution in [-0.4, -0.2) is 30.3 Å². The molecule has 0 aliphatic rings. The number of carbonyl (C=O) groups is 1. The molecule has 0 amide bonds. The Morgan fingerprint density at radius 2 is 1.76 bits per heavy atom. The van der Waals surface area contributed by atoms with E-state index in [0.717, 1.165) is 0 Å². The van der Waals surface area contributed by atoms with Crippen molar-refractivity contribution in [3.8, 4) is 0 Å². The highest BCUT2D eigenvalue weighted by atomic mass is 31.2. The predicted octanol–water partition coefficient (Wildman–Crippen LogP) is 3.08. The van der Waals surface area contributed by atoms with Crippen molar-refractivity contribution in [3.05, 3.63) is 35.6 Å². The topological polar surface area (TPSA) is 72.8 Å². The van der Waals surface area contributed by atoms with Crippen molar-refractivity contribution in [1.29, 1.82) is 0 Å². The first-order valence-corrected chi connectivity index (χ1v) is 8.46. The van der Waals surface area contributed by atoms with Crippen LogP contribution in [0, 0.1) is 5.82 Å². The molecule has 1 rings (SSSR count). The molecule has 0 saturated heterocycles. The molecule has 0 fully saturated rings. The summed E-state index contributed by atoms with van der Waals surface area (Å²) in [7, 11) is -3.45. The van der Waals surface area contributed by atoms with Crippen molar-refractivity contribution in [2.45, 2.75) is 26.4 Å². The molecular weight excluding hydrogens is 298 g/mol. The summed E-state index contributed by atoms with van der Waals surface area (Å²) in [6.45, 7) is 3.66. The number of carbonyl (C=O) groups excluding carboxylic acids is 1. The maximum absolute atomic E-state index is 12.8. The van der Waals surface area contributed by atoms with Gasteiger partial charge in [0.1, 0.15) is 17.8 Å².